The monoisotopic (exact) mass is 284 g/mol. The Labute approximate surface area is 125 Å². The molecule has 3 heterocycles. The summed E-state index contributed by atoms with van der Waals surface area (Å²) in [5.41, 5.74) is 2.56. The fourth-order valence-electron chi connectivity index (χ4n) is 2.48. The van der Waals surface area contributed by atoms with E-state index in [2.05, 4.69) is 44.6 Å². The molecule has 1 aliphatic heterocycles. The first-order valence-corrected chi connectivity index (χ1v) is 7.27. The third-order valence-electron chi connectivity index (χ3n) is 4.56. The number of hydrogen-bond acceptors (Lipinski definition) is 3. The van der Waals surface area contributed by atoms with Crippen LogP contribution < -0.4 is 0 Å². The maximum atomic E-state index is 5.95. The molecule has 1 fully saturated rings. The zero-order chi connectivity index (χ0) is 15.3. The van der Waals surface area contributed by atoms with Crippen LogP contribution in [0.5, 0.6) is 0 Å². The van der Waals surface area contributed by atoms with E-state index in [1.807, 2.05) is 30.5 Å². The molecular formula is C16H21BN2O2. The zero-order valence-electron chi connectivity index (χ0n) is 13.2. The highest BCUT2D eigenvalue weighted by molar-refractivity contribution is 6.52. The predicted molar refractivity (Wildman–Crippen MR) is 85.9 cm³/mol. The lowest BCUT2D eigenvalue weighted by Gasteiger charge is -2.32. The van der Waals surface area contributed by atoms with Crippen LogP contribution in [-0.2, 0) is 9.31 Å². The van der Waals surface area contributed by atoms with E-state index in [-0.39, 0.29) is 18.3 Å². The van der Waals surface area contributed by atoms with E-state index in [1.54, 1.807) is 0 Å². The van der Waals surface area contributed by atoms with Crippen LogP contribution in [0.15, 0.2) is 24.4 Å². The summed E-state index contributed by atoms with van der Waals surface area (Å²) >= 11 is 0. The first-order valence-electron chi connectivity index (χ1n) is 7.27. The van der Waals surface area contributed by atoms with Gasteiger partial charge in [0, 0.05) is 17.8 Å². The van der Waals surface area contributed by atoms with Crippen LogP contribution in [0.1, 0.15) is 39.0 Å². The van der Waals surface area contributed by atoms with Crippen molar-refractivity contribution in [2.45, 2.75) is 45.8 Å². The molecule has 0 spiro atoms. The second kappa shape index (κ2) is 4.72. The Kier molecular flexibility index (Phi) is 3.22. The maximum absolute atomic E-state index is 5.95. The summed E-state index contributed by atoms with van der Waals surface area (Å²) in [6.45, 7) is 10.3. The molecule has 0 aliphatic carbocycles. The predicted octanol–water partition coefficient (Wildman–Crippen LogP) is 3.52. The lowest BCUT2D eigenvalue weighted by Crippen LogP contribution is -2.41. The molecule has 110 valence electrons. The second-order valence-electron chi connectivity index (χ2n) is 6.56. The SMILES string of the molecule is Cc1c(/C=C/B2OC(C)(C)C(C)(C)O2)ncc2cc[nH]c12. The Morgan fingerprint density at radius 1 is 1.19 bits per heavy atom. The first kappa shape index (κ1) is 14.4. The van der Waals surface area contributed by atoms with Crippen LogP contribution >= 0.6 is 0 Å². The van der Waals surface area contributed by atoms with E-state index in [9.17, 15) is 0 Å². The molecule has 1 N–H and O–H groups in total. The fraction of sp³-hybridized carbons (Fsp3) is 0.438. The van der Waals surface area contributed by atoms with Gasteiger partial charge in [0.05, 0.1) is 22.4 Å². The third kappa shape index (κ3) is 2.41. The quantitative estimate of drug-likeness (QED) is 0.858. The Morgan fingerprint density at radius 2 is 1.86 bits per heavy atom. The summed E-state index contributed by atoms with van der Waals surface area (Å²) in [6, 6.07) is 2.02. The lowest BCUT2D eigenvalue weighted by molar-refractivity contribution is 0.00578. The molecule has 1 aliphatic rings. The molecule has 5 heteroatoms. The smallest absolute Gasteiger partial charge is 0.400 e. The Bertz CT molecular complexity index is 687. The van der Waals surface area contributed by atoms with Crippen LogP contribution in [0.25, 0.3) is 17.0 Å². The minimum atomic E-state index is -0.337. The molecule has 3 rings (SSSR count). The van der Waals surface area contributed by atoms with E-state index < -0.39 is 0 Å². The average molecular weight is 284 g/mol. The zero-order valence-corrected chi connectivity index (χ0v) is 13.2. The van der Waals surface area contributed by atoms with Crippen molar-refractivity contribution in [2.75, 3.05) is 0 Å². The van der Waals surface area contributed by atoms with Crippen LogP contribution in [0.3, 0.4) is 0 Å². The van der Waals surface area contributed by atoms with Gasteiger partial charge in [-0.1, -0.05) is 5.98 Å². The highest BCUT2D eigenvalue weighted by Crippen LogP contribution is 2.37. The minimum absolute atomic E-state index is 0.312. The van der Waals surface area contributed by atoms with Gasteiger partial charge in [-0.2, -0.15) is 0 Å². The normalized spacial score (nSPS) is 20.7. The van der Waals surface area contributed by atoms with Crippen molar-refractivity contribution in [3.8, 4) is 0 Å². The molecule has 2 aromatic heterocycles. The molecule has 1 saturated heterocycles. The molecule has 0 atom stereocenters. The van der Waals surface area contributed by atoms with Crippen LogP contribution in [0, 0.1) is 6.92 Å². The number of rotatable bonds is 2. The van der Waals surface area contributed by atoms with Gasteiger partial charge < -0.3 is 14.3 Å². The van der Waals surface area contributed by atoms with Gasteiger partial charge in [-0.15, -0.1) is 0 Å². The summed E-state index contributed by atoms with van der Waals surface area (Å²) in [6.07, 6.45) is 5.78. The van der Waals surface area contributed by atoms with Crippen molar-refractivity contribution in [2.24, 2.45) is 0 Å². The molecule has 0 amide bonds. The topological polar surface area (TPSA) is 47.1 Å². The molecule has 21 heavy (non-hydrogen) atoms. The number of hydrogen-bond donors (Lipinski definition) is 1. The highest BCUT2D eigenvalue weighted by Gasteiger charge is 2.50. The molecule has 4 nitrogen and oxygen atoms in total. The van der Waals surface area contributed by atoms with Crippen LogP contribution in [0.2, 0.25) is 0 Å². The first-order chi connectivity index (χ1) is 9.80. The van der Waals surface area contributed by atoms with E-state index in [4.69, 9.17) is 9.31 Å². The van der Waals surface area contributed by atoms with Crippen LogP contribution in [0.4, 0.5) is 0 Å². The maximum Gasteiger partial charge on any atom is 0.487 e. The van der Waals surface area contributed by atoms with Gasteiger partial charge in [0.25, 0.3) is 0 Å². The van der Waals surface area contributed by atoms with Gasteiger partial charge in [0.15, 0.2) is 0 Å². The van der Waals surface area contributed by atoms with Crippen molar-refractivity contribution in [3.63, 3.8) is 0 Å². The van der Waals surface area contributed by atoms with Crippen molar-refractivity contribution in [1.82, 2.24) is 9.97 Å². The number of fused-ring (bicyclic) bond motifs is 1. The van der Waals surface area contributed by atoms with Gasteiger partial charge >= 0.3 is 7.12 Å². The summed E-state index contributed by atoms with van der Waals surface area (Å²) in [5, 5.41) is 1.13. The largest absolute Gasteiger partial charge is 0.487 e. The molecule has 0 saturated carbocycles. The lowest BCUT2D eigenvalue weighted by atomic mass is 9.89. The number of aryl methyl sites for hydroxylation is 1. The Hall–Kier alpha value is -1.59. The van der Waals surface area contributed by atoms with E-state index in [0.29, 0.717) is 0 Å². The number of aromatic nitrogens is 2. The van der Waals surface area contributed by atoms with Crippen molar-refractivity contribution < 1.29 is 9.31 Å². The second-order valence-corrected chi connectivity index (χ2v) is 6.56. The van der Waals surface area contributed by atoms with Crippen molar-refractivity contribution in [3.05, 3.63) is 35.7 Å². The highest BCUT2D eigenvalue weighted by atomic mass is 16.7. The third-order valence-corrected chi connectivity index (χ3v) is 4.56. The van der Waals surface area contributed by atoms with Crippen LogP contribution in [-0.4, -0.2) is 28.3 Å². The van der Waals surface area contributed by atoms with E-state index in [1.165, 1.54) is 0 Å². The van der Waals surface area contributed by atoms with Crippen molar-refractivity contribution in [1.29, 1.82) is 0 Å². The van der Waals surface area contributed by atoms with E-state index >= 15 is 0 Å². The summed E-state index contributed by atoms with van der Waals surface area (Å²) < 4.78 is 11.9. The average Bonchev–Trinajstić information content (AvgIpc) is 2.92. The molecule has 0 unspecified atom stereocenters. The molecule has 0 radical (unpaired) electrons. The number of H-pyrrole nitrogens is 1. The van der Waals surface area contributed by atoms with Gasteiger partial charge in [-0.25, -0.2) is 0 Å². The molecule has 0 aromatic carbocycles. The van der Waals surface area contributed by atoms with Gasteiger partial charge in [0.2, 0.25) is 0 Å². The van der Waals surface area contributed by atoms with Gasteiger partial charge in [-0.05, 0) is 52.3 Å². The minimum Gasteiger partial charge on any atom is -0.400 e. The summed E-state index contributed by atoms with van der Waals surface area (Å²) in [5.74, 6) is 1.93. The standard InChI is InChI=1S/C16H21BN2O2/c1-11-13(19-10-12-7-9-18-14(11)12)6-8-17-20-15(2,3)16(4,5)21-17/h6-10,18H,1-5H3/b8-6+. The molecule has 2 aromatic rings. The Morgan fingerprint density at radius 3 is 2.52 bits per heavy atom. The molecule has 0 bridgehead atoms. The fourth-order valence-corrected chi connectivity index (χ4v) is 2.48. The van der Waals surface area contributed by atoms with Gasteiger partial charge in [0.1, 0.15) is 0 Å². The number of nitrogens with one attached hydrogen (secondary N) is 1. The summed E-state index contributed by atoms with van der Waals surface area (Å²) in [7, 11) is -0.337. The number of nitrogens with zero attached hydrogens (tertiary/aromatic N) is 1. The van der Waals surface area contributed by atoms with Crippen molar-refractivity contribution >= 4 is 24.1 Å². The number of aromatic amines is 1. The molecular weight excluding hydrogens is 263 g/mol. The Balaban J connectivity index is 1.84. The summed E-state index contributed by atoms with van der Waals surface area (Å²) in [4.78, 5) is 7.74. The van der Waals surface area contributed by atoms with E-state index in [0.717, 1.165) is 22.2 Å². The number of pyridine rings is 1. The van der Waals surface area contributed by atoms with Gasteiger partial charge in [-0.3, -0.25) is 4.98 Å².